The first kappa shape index (κ1) is 22.4. The fourth-order valence-electron chi connectivity index (χ4n) is 3.67. The first-order valence-corrected chi connectivity index (χ1v) is 11.1. The molecule has 1 aliphatic heterocycles. The van der Waals surface area contributed by atoms with E-state index in [9.17, 15) is 0 Å². The second-order valence-electron chi connectivity index (χ2n) is 7.82. The van der Waals surface area contributed by atoms with Crippen molar-refractivity contribution in [1.82, 2.24) is 25.4 Å². The zero-order valence-corrected chi connectivity index (χ0v) is 19.1. The lowest BCUT2D eigenvalue weighted by molar-refractivity contribution is 0.261. The van der Waals surface area contributed by atoms with Gasteiger partial charge in [0.15, 0.2) is 11.8 Å². The molecule has 33 heavy (non-hydrogen) atoms. The zero-order valence-electron chi connectivity index (χ0n) is 19.1. The summed E-state index contributed by atoms with van der Waals surface area (Å²) in [7, 11) is 1.96. The molecule has 3 aromatic rings. The van der Waals surface area contributed by atoms with Gasteiger partial charge >= 0.3 is 0 Å². The topological polar surface area (TPSA) is 85.6 Å². The first-order chi connectivity index (χ1) is 16.2. The van der Waals surface area contributed by atoms with Crippen molar-refractivity contribution in [3.8, 4) is 11.5 Å². The van der Waals surface area contributed by atoms with Crippen LogP contribution in [0.5, 0.6) is 11.5 Å². The van der Waals surface area contributed by atoms with Crippen LogP contribution in [-0.4, -0.2) is 33.9 Å². The van der Waals surface area contributed by atoms with Crippen molar-refractivity contribution < 1.29 is 9.47 Å². The lowest BCUT2D eigenvalue weighted by atomic mass is 10.0. The molecule has 2 aromatic carbocycles. The predicted octanol–water partition coefficient (Wildman–Crippen LogP) is 3.45. The van der Waals surface area contributed by atoms with Crippen LogP contribution in [0.15, 0.2) is 66.2 Å². The van der Waals surface area contributed by atoms with Crippen LogP contribution in [0.2, 0.25) is 0 Å². The third-order valence-corrected chi connectivity index (χ3v) is 5.60. The fraction of sp³-hybridized carbons (Fsp3) is 0.320. The molecular formula is C25H30N6O2. The molecule has 0 aliphatic carbocycles. The Morgan fingerprint density at radius 3 is 2.88 bits per heavy atom. The van der Waals surface area contributed by atoms with Gasteiger partial charge in [-0.2, -0.15) is 0 Å². The first-order valence-electron chi connectivity index (χ1n) is 11.1. The smallest absolute Gasteiger partial charge is 0.192 e. The Hall–Kier alpha value is -3.81. The number of fused-ring (bicyclic) bond motifs is 1. The van der Waals surface area contributed by atoms with Gasteiger partial charge in [0.25, 0.3) is 0 Å². The van der Waals surface area contributed by atoms with E-state index in [0.717, 1.165) is 40.7 Å². The van der Waals surface area contributed by atoms with Gasteiger partial charge < -0.3 is 24.7 Å². The maximum Gasteiger partial charge on any atom is 0.192 e. The average Bonchev–Trinajstić information content (AvgIpc) is 3.17. The molecule has 0 bridgehead atoms. The van der Waals surface area contributed by atoms with Crippen LogP contribution in [0, 0.1) is 6.92 Å². The standard InChI is InChI=1S/C25H30N6O2/c1-4-14-32-22-11-7-5-9-19(22)16-26-25(27-17-24-30-29-18(2)31(24)3)28-21-13-15-33-23-12-8-6-10-20(21)23/h4-12,21H,1,13-17H2,2-3H3,(H2,26,27,28). The lowest BCUT2D eigenvalue weighted by Gasteiger charge is -2.28. The zero-order chi connectivity index (χ0) is 23.0. The van der Waals surface area contributed by atoms with Crippen LogP contribution < -0.4 is 20.1 Å². The van der Waals surface area contributed by atoms with Crippen molar-refractivity contribution in [2.24, 2.45) is 12.0 Å². The third-order valence-electron chi connectivity index (χ3n) is 5.60. The monoisotopic (exact) mass is 446 g/mol. The molecule has 8 heteroatoms. The Balaban J connectivity index is 1.55. The number of nitrogens with one attached hydrogen (secondary N) is 2. The number of aromatic nitrogens is 3. The van der Waals surface area contributed by atoms with E-state index >= 15 is 0 Å². The van der Waals surface area contributed by atoms with Crippen LogP contribution in [0.4, 0.5) is 0 Å². The molecule has 1 aromatic heterocycles. The van der Waals surface area contributed by atoms with Gasteiger partial charge in [0, 0.05) is 24.6 Å². The highest BCUT2D eigenvalue weighted by Gasteiger charge is 2.22. The van der Waals surface area contributed by atoms with Crippen molar-refractivity contribution in [2.75, 3.05) is 13.2 Å². The van der Waals surface area contributed by atoms with E-state index in [1.807, 2.05) is 61.0 Å². The summed E-state index contributed by atoms with van der Waals surface area (Å²) in [4.78, 5) is 4.87. The van der Waals surface area contributed by atoms with E-state index < -0.39 is 0 Å². The van der Waals surface area contributed by atoms with Gasteiger partial charge in [0.1, 0.15) is 23.9 Å². The number of ether oxygens (including phenoxy) is 2. The molecule has 0 radical (unpaired) electrons. The molecule has 8 nitrogen and oxygen atoms in total. The third kappa shape index (κ3) is 5.52. The molecule has 0 fully saturated rings. The van der Waals surface area contributed by atoms with E-state index in [1.165, 1.54) is 0 Å². The molecule has 0 spiro atoms. The second-order valence-corrected chi connectivity index (χ2v) is 7.82. The Morgan fingerprint density at radius 1 is 1.24 bits per heavy atom. The highest BCUT2D eigenvalue weighted by atomic mass is 16.5. The van der Waals surface area contributed by atoms with Crippen LogP contribution >= 0.6 is 0 Å². The molecule has 2 N–H and O–H groups in total. The van der Waals surface area contributed by atoms with Crippen LogP contribution in [0.1, 0.15) is 35.2 Å². The number of aliphatic imine (C=N–C) groups is 1. The average molecular weight is 447 g/mol. The summed E-state index contributed by atoms with van der Waals surface area (Å²) in [5, 5.41) is 15.4. The Bertz CT molecular complexity index is 1120. The molecule has 1 aliphatic rings. The number of benzene rings is 2. The van der Waals surface area contributed by atoms with Crippen molar-refractivity contribution in [3.63, 3.8) is 0 Å². The van der Waals surface area contributed by atoms with E-state index in [-0.39, 0.29) is 6.04 Å². The van der Waals surface area contributed by atoms with Gasteiger partial charge in [-0.15, -0.1) is 10.2 Å². The Labute approximate surface area is 194 Å². The summed E-state index contributed by atoms with van der Waals surface area (Å²) in [5.41, 5.74) is 2.13. The molecule has 0 amide bonds. The molecule has 2 heterocycles. The Kier molecular flexibility index (Phi) is 7.24. The van der Waals surface area contributed by atoms with Crippen LogP contribution in [0.25, 0.3) is 0 Å². The predicted molar refractivity (Wildman–Crippen MR) is 128 cm³/mol. The maximum atomic E-state index is 5.82. The summed E-state index contributed by atoms with van der Waals surface area (Å²) in [6.07, 6.45) is 2.58. The number of para-hydroxylation sites is 2. The number of guanidine groups is 1. The Morgan fingerprint density at radius 2 is 2.06 bits per heavy atom. The van der Waals surface area contributed by atoms with E-state index in [1.54, 1.807) is 6.08 Å². The van der Waals surface area contributed by atoms with Crippen molar-refractivity contribution in [1.29, 1.82) is 0 Å². The molecular weight excluding hydrogens is 416 g/mol. The lowest BCUT2D eigenvalue weighted by Crippen LogP contribution is -2.41. The highest BCUT2D eigenvalue weighted by molar-refractivity contribution is 5.80. The van der Waals surface area contributed by atoms with Gasteiger partial charge in [-0.3, -0.25) is 0 Å². The van der Waals surface area contributed by atoms with Crippen LogP contribution in [0.3, 0.4) is 0 Å². The van der Waals surface area contributed by atoms with E-state index in [0.29, 0.717) is 32.3 Å². The molecule has 0 saturated carbocycles. The summed E-state index contributed by atoms with van der Waals surface area (Å²) >= 11 is 0. The maximum absolute atomic E-state index is 5.82. The number of rotatable bonds is 8. The largest absolute Gasteiger partial charge is 0.493 e. The molecule has 0 saturated heterocycles. The minimum Gasteiger partial charge on any atom is -0.493 e. The number of nitrogens with zero attached hydrogens (tertiary/aromatic N) is 4. The molecule has 1 atom stereocenters. The number of hydrogen-bond acceptors (Lipinski definition) is 5. The fourth-order valence-corrected chi connectivity index (χ4v) is 3.67. The quantitative estimate of drug-likeness (QED) is 0.313. The summed E-state index contributed by atoms with van der Waals surface area (Å²) in [5.74, 6) is 4.11. The minimum absolute atomic E-state index is 0.0923. The van der Waals surface area contributed by atoms with Gasteiger partial charge in [0.2, 0.25) is 0 Å². The van der Waals surface area contributed by atoms with Crippen LogP contribution in [-0.2, 0) is 20.1 Å². The number of hydrogen-bond donors (Lipinski definition) is 2. The molecule has 4 rings (SSSR count). The number of aryl methyl sites for hydroxylation is 1. The normalized spacial score (nSPS) is 15.3. The molecule has 172 valence electrons. The summed E-state index contributed by atoms with van der Waals surface area (Å²) in [6.45, 7) is 7.74. The highest BCUT2D eigenvalue weighted by Crippen LogP contribution is 2.31. The summed E-state index contributed by atoms with van der Waals surface area (Å²) < 4.78 is 13.6. The van der Waals surface area contributed by atoms with Crippen molar-refractivity contribution >= 4 is 5.96 Å². The summed E-state index contributed by atoms with van der Waals surface area (Å²) in [6, 6.07) is 16.1. The van der Waals surface area contributed by atoms with Gasteiger partial charge in [0.05, 0.1) is 25.7 Å². The molecule has 1 unspecified atom stereocenters. The van der Waals surface area contributed by atoms with Gasteiger partial charge in [-0.25, -0.2) is 4.99 Å². The van der Waals surface area contributed by atoms with Crippen molar-refractivity contribution in [3.05, 3.63) is 84.0 Å². The second kappa shape index (κ2) is 10.7. The SMILES string of the molecule is C=CCOc1ccccc1CN=C(NCc1nnc(C)n1C)NC1CCOc2ccccc21. The van der Waals surface area contributed by atoms with Crippen molar-refractivity contribution in [2.45, 2.75) is 32.5 Å². The van der Waals surface area contributed by atoms with Gasteiger partial charge in [-0.05, 0) is 19.1 Å². The van der Waals surface area contributed by atoms with Gasteiger partial charge in [-0.1, -0.05) is 49.1 Å². The van der Waals surface area contributed by atoms with E-state index in [4.69, 9.17) is 14.5 Å². The van der Waals surface area contributed by atoms with E-state index in [2.05, 4.69) is 33.5 Å². The minimum atomic E-state index is 0.0923.